The number of benzene rings is 1. The summed E-state index contributed by atoms with van der Waals surface area (Å²) in [6, 6.07) is 4.95. The highest BCUT2D eigenvalue weighted by molar-refractivity contribution is 5.76. The summed E-state index contributed by atoms with van der Waals surface area (Å²) in [5.41, 5.74) is 2.12. The molecule has 1 unspecified atom stereocenters. The van der Waals surface area contributed by atoms with Crippen LogP contribution in [0.4, 0.5) is 4.39 Å². The first-order chi connectivity index (χ1) is 11.2. The number of halogens is 1. The molecule has 2 aliphatic rings. The second kappa shape index (κ2) is 7.41. The van der Waals surface area contributed by atoms with Crippen molar-refractivity contribution in [2.45, 2.75) is 44.6 Å². The number of nitrogens with zero attached hydrogens (tertiary/aromatic N) is 1. The molecule has 1 fully saturated rings. The van der Waals surface area contributed by atoms with Crippen molar-refractivity contribution >= 4 is 5.91 Å². The van der Waals surface area contributed by atoms with Crippen LogP contribution in [-0.4, -0.2) is 31.2 Å². The number of rotatable bonds is 4. The van der Waals surface area contributed by atoms with Gasteiger partial charge in [0.1, 0.15) is 5.82 Å². The molecule has 0 spiro atoms. The summed E-state index contributed by atoms with van der Waals surface area (Å²) < 4.78 is 13.4. The van der Waals surface area contributed by atoms with Gasteiger partial charge in [0.05, 0.1) is 13.2 Å². The van der Waals surface area contributed by atoms with Gasteiger partial charge in [-0.1, -0.05) is 6.07 Å². The smallest absolute Gasteiger partial charge is 0.220 e. The van der Waals surface area contributed by atoms with Crippen molar-refractivity contribution in [1.29, 1.82) is 0 Å². The van der Waals surface area contributed by atoms with Crippen LogP contribution in [0, 0.1) is 11.7 Å². The first kappa shape index (κ1) is 16.4. The van der Waals surface area contributed by atoms with Gasteiger partial charge < -0.3 is 10.2 Å². The predicted octanol–water partition coefficient (Wildman–Crippen LogP) is 2.98. The molecule has 23 heavy (non-hydrogen) atoms. The van der Waals surface area contributed by atoms with Crippen LogP contribution in [-0.2, 0) is 16.1 Å². The maximum atomic E-state index is 13.4. The SMILES string of the molecule is CON1CCC(CC(=O)NC2CCCc3cc(F)ccc32)CC1. The van der Waals surface area contributed by atoms with Crippen LogP contribution in [0.3, 0.4) is 0 Å². The lowest BCUT2D eigenvalue weighted by molar-refractivity contribution is -0.150. The Morgan fingerprint density at radius 2 is 2.13 bits per heavy atom. The molecule has 1 aromatic rings. The number of aryl methyl sites for hydroxylation is 1. The van der Waals surface area contributed by atoms with Gasteiger partial charge >= 0.3 is 0 Å². The van der Waals surface area contributed by atoms with Gasteiger partial charge in [-0.25, -0.2) is 4.39 Å². The van der Waals surface area contributed by atoms with Crippen molar-refractivity contribution < 1.29 is 14.0 Å². The minimum Gasteiger partial charge on any atom is -0.349 e. The summed E-state index contributed by atoms with van der Waals surface area (Å²) in [6.45, 7) is 1.78. The summed E-state index contributed by atoms with van der Waals surface area (Å²) in [4.78, 5) is 17.6. The van der Waals surface area contributed by atoms with Crippen LogP contribution in [0.5, 0.6) is 0 Å². The fourth-order valence-corrected chi connectivity index (χ4v) is 3.74. The molecular weight excluding hydrogens is 295 g/mol. The van der Waals surface area contributed by atoms with Crippen molar-refractivity contribution in [3.05, 3.63) is 35.1 Å². The molecule has 0 aromatic heterocycles. The Bertz CT molecular complexity index is 556. The van der Waals surface area contributed by atoms with Crippen LogP contribution in [0.15, 0.2) is 18.2 Å². The van der Waals surface area contributed by atoms with Crippen molar-refractivity contribution in [1.82, 2.24) is 10.4 Å². The zero-order valence-electron chi connectivity index (χ0n) is 13.7. The number of amides is 1. The van der Waals surface area contributed by atoms with Crippen molar-refractivity contribution in [2.75, 3.05) is 20.2 Å². The Hall–Kier alpha value is -1.46. The minimum atomic E-state index is -0.194. The molecule has 1 N–H and O–H groups in total. The molecule has 1 atom stereocenters. The molecule has 1 amide bonds. The molecule has 0 radical (unpaired) electrons. The van der Waals surface area contributed by atoms with E-state index >= 15 is 0 Å². The van der Waals surface area contributed by atoms with Gasteiger partial charge in [0, 0.05) is 19.5 Å². The lowest BCUT2D eigenvalue weighted by atomic mass is 9.87. The van der Waals surface area contributed by atoms with Crippen molar-refractivity contribution in [3.8, 4) is 0 Å². The molecule has 0 saturated carbocycles. The van der Waals surface area contributed by atoms with Gasteiger partial charge in [-0.05, 0) is 61.3 Å². The lowest BCUT2D eigenvalue weighted by Crippen LogP contribution is -2.36. The minimum absolute atomic E-state index is 0.0333. The van der Waals surface area contributed by atoms with Gasteiger partial charge in [-0.2, -0.15) is 5.06 Å². The number of carbonyl (C=O) groups excluding carboxylic acids is 1. The second-order valence-electron chi connectivity index (χ2n) is 6.61. The number of fused-ring (bicyclic) bond motifs is 1. The third kappa shape index (κ3) is 4.09. The highest BCUT2D eigenvalue weighted by Crippen LogP contribution is 2.30. The Labute approximate surface area is 137 Å². The number of piperidine rings is 1. The van der Waals surface area contributed by atoms with Gasteiger partial charge in [-0.3, -0.25) is 4.79 Å². The number of hydrogen-bond acceptors (Lipinski definition) is 3. The van der Waals surface area contributed by atoms with Crippen LogP contribution in [0.25, 0.3) is 0 Å². The Morgan fingerprint density at radius 3 is 2.87 bits per heavy atom. The van der Waals surface area contributed by atoms with Gasteiger partial charge in [-0.15, -0.1) is 0 Å². The fourth-order valence-electron chi connectivity index (χ4n) is 3.74. The van der Waals surface area contributed by atoms with E-state index in [-0.39, 0.29) is 17.8 Å². The molecule has 3 rings (SSSR count). The molecule has 1 aliphatic heterocycles. The molecule has 0 bridgehead atoms. The second-order valence-corrected chi connectivity index (χ2v) is 6.61. The van der Waals surface area contributed by atoms with E-state index < -0.39 is 0 Å². The number of hydrogen-bond donors (Lipinski definition) is 1. The average molecular weight is 320 g/mol. The van der Waals surface area contributed by atoms with E-state index in [9.17, 15) is 9.18 Å². The van der Waals surface area contributed by atoms with E-state index in [1.807, 2.05) is 11.1 Å². The number of hydroxylamine groups is 2. The van der Waals surface area contributed by atoms with E-state index in [0.717, 1.165) is 56.3 Å². The molecule has 4 nitrogen and oxygen atoms in total. The monoisotopic (exact) mass is 320 g/mol. The first-order valence-corrected chi connectivity index (χ1v) is 8.52. The van der Waals surface area contributed by atoms with Crippen LogP contribution in [0.2, 0.25) is 0 Å². The molecule has 1 aromatic carbocycles. The number of nitrogens with one attached hydrogen (secondary N) is 1. The van der Waals surface area contributed by atoms with Gasteiger partial charge in [0.15, 0.2) is 0 Å². The topological polar surface area (TPSA) is 41.6 Å². The molecule has 5 heteroatoms. The standard InChI is InChI=1S/C18H25FN2O2/c1-23-21-9-7-13(8-10-21)11-18(22)20-17-4-2-3-14-12-15(19)5-6-16(14)17/h5-6,12-13,17H,2-4,7-11H2,1H3,(H,20,22). The maximum absolute atomic E-state index is 13.4. The zero-order chi connectivity index (χ0) is 16.2. The molecule has 1 aliphatic carbocycles. The first-order valence-electron chi connectivity index (χ1n) is 8.52. The summed E-state index contributed by atoms with van der Waals surface area (Å²) in [6.07, 6.45) is 5.39. The van der Waals surface area contributed by atoms with Crippen LogP contribution < -0.4 is 5.32 Å². The highest BCUT2D eigenvalue weighted by atomic mass is 19.1. The number of carbonyl (C=O) groups is 1. The summed E-state index contributed by atoms with van der Waals surface area (Å²) in [5, 5.41) is 5.11. The Kier molecular flexibility index (Phi) is 5.28. The summed E-state index contributed by atoms with van der Waals surface area (Å²) >= 11 is 0. The highest BCUT2D eigenvalue weighted by Gasteiger charge is 2.25. The van der Waals surface area contributed by atoms with Gasteiger partial charge in [0.2, 0.25) is 5.91 Å². The van der Waals surface area contributed by atoms with E-state index in [1.54, 1.807) is 13.2 Å². The Morgan fingerprint density at radius 1 is 1.35 bits per heavy atom. The maximum Gasteiger partial charge on any atom is 0.220 e. The third-order valence-corrected chi connectivity index (χ3v) is 5.06. The largest absolute Gasteiger partial charge is 0.349 e. The van der Waals surface area contributed by atoms with Crippen LogP contribution >= 0.6 is 0 Å². The normalized spacial score (nSPS) is 22.6. The van der Waals surface area contributed by atoms with E-state index in [0.29, 0.717) is 12.3 Å². The van der Waals surface area contributed by atoms with Gasteiger partial charge in [0.25, 0.3) is 0 Å². The molecular formula is C18H25FN2O2. The predicted molar refractivity (Wildman–Crippen MR) is 86.1 cm³/mol. The third-order valence-electron chi connectivity index (χ3n) is 5.06. The quantitative estimate of drug-likeness (QED) is 0.927. The summed E-state index contributed by atoms with van der Waals surface area (Å²) in [7, 11) is 1.69. The molecule has 126 valence electrons. The average Bonchev–Trinajstić information content (AvgIpc) is 2.55. The van der Waals surface area contributed by atoms with E-state index in [2.05, 4.69) is 5.32 Å². The van der Waals surface area contributed by atoms with Crippen molar-refractivity contribution in [2.24, 2.45) is 5.92 Å². The Balaban J connectivity index is 1.55. The lowest BCUT2D eigenvalue weighted by Gasteiger charge is -2.31. The zero-order valence-corrected chi connectivity index (χ0v) is 13.7. The van der Waals surface area contributed by atoms with E-state index in [4.69, 9.17) is 4.84 Å². The summed E-state index contributed by atoms with van der Waals surface area (Å²) in [5.74, 6) is 0.348. The molecule has 1 saturated heterocycles. The van der Waals surface area contributed by atoms with Crippen LogP contribution in [0.1, 0.15) is 49.3 Å². The fraction of sp³-hybridized carbons (Fsp3) is 0.611. The van der Waals surface area contributed by atoms with E-state index in [1.165, 1.54) is 6.07 Å². The molecule has 1 heterocycles. The van der Waals surface area contributed by atoms with Crippen molar-refractivity contribution in [3.63, 3.8) is 0 Å².